The van der Waals surface area contributed by atoms with E-state index >= 15 is 0 Å². The number of allylic oxidation sites excluding steroid dienone is 1. The highest BCUT2D eigenvalue weighted by Gasteiger charge is 2.59. The molecule has 0 heterocycles. The second-order valence-electron chi connectivity index (χ2n) is 10.3. The molecule has 0 spiro atoms. The lowest BCUT2D eigenvalue weighted by Gasteiger charge is -2.56. The number of aliphatic hydroxyl groups excluding tert-OH is 1. The minimum atomic E-state index is -0.452. The molecule has 0 aromatic rings. The number of hydrogen-bond donors (Lipinski definition) is 1. The van der Waals surface area contributed by atoms with E-state index in [0.29, 0.717) is 23.5 Å². The van der Waals surface area contributed by atoms with Crippen molar-refractivity contribution in [2.75, 3.05) is 0 Å². The molecule has 0 aromatic heterocycles. The lowest BCUT2D eigenvalue weighted by molar-refractivity contribution is -0.301. The molecule has 4 unspecified atom stereocenters. The third-order valence-electron chi connectivity index (χ3n) is 8.48. The number of fused-ring (bicyclic) bond motifs is 5. The van der Waals surface area contributed by atoms with E-state index in [-0.39, 0.29) is 34.3 Å². The molecule has 4 rings (SSSR count). The Morgan fingerprint density at radius 2 is 2.10 bits per heavy atom. The van der Waals surface area contributed by atoms with Gasteiger partial charge >= 0.3 is 5.97 Å². The van der Waals surface area contributed by atoms with Gasteiger partial charge in [-0.3, -0.25) is 4.79 Å². The predicted octanol–water partition coefficient (Wildman–Crippen LogP) is 5.47. The Morgan fingerprint density at radius 3 is 2.81 bits per heavy atom. The molecule has 0 saturated heterocycles. The summed E-state index contributed by atoms with van der Waals surface area (Å²) in [4.78, 5) is 23.0. The Kier molecular flexibility index (Phi) is 6.91. The number of ether oxygens (including phenoxy) is 1. The van der Waals surface area contributed by atoms with Crippen molar-refractivity contribution in [3.63, 3.8) is 0 Å². The van der Waals surface area contributed by atoms with Gasteiger partial charge < -0.3 is 14.7 Å². The van der Waals surface area contributed by atoms with Crippen LogP contribution in [0.4, 0.5) is 0 Å². The highest BCUT2D eigenvalue weighted by atomic mass is 79.9. The van der Waals surface area contributed by atoms with Crippen LogP contribution in [0.1, 0.15) is 72.1 Å². The monoisotopic (exact) mass is 496 g/mol. The molecule has 3 saturated carbocycles. The predicted molar refractivity (Wildman–Crippen MR) is 122 cm³/mol. The van der Waals surface area contributed by atoms with Crippen molar-refractivity contribution in [3.05, 3.63) is 24.0 Å². The number of carbonyl (C=O) groups excluding carboxylic acids is 1. The first kappa shape index (κ1) is 23.3. The maximum Gasteiger partial charge on any atom is 0.302 e. The Labute approximate surface area is 194 Å². The highest BCUT2D eigenvalue weighted by molar-refractivity contribution is 9.09. The van der Waals surface area contributed by atoms with Crippen molar-refractivity contribution in [1.29, 1.82) is 0 Å². The molecule has 31 heavy (non-hydrogen) atoms. The van der Waals surface area contributed by atoms with Crippen molar-refractivity contribution in [1.82, 2.24) is 0 Å². The van der Waals surface area contributed by atoms with Crippen LogP contribution in [0.2, 0.25) is 0 Å². The molecule has 0 aromatic carbocycles. The van der Waals surface area contributed by atoms with Crippen LogP contribution < -0.4 is 0 Å². The normalized spacial score (nSPS) is 43.8. The van der Waals surface area contributed by atoms with Gasteiger partial charge in [0.25, 0.3) is 0 Å². The molecular formula is C25H37BrO5. The van der Waals surface area contributed by atoms with Gasteiger partial charge in [-0.2, -0.15) is 4.89 Å². The molecule has 4 aliphatic carbocycles. The maximum absolute atomic E-state index is 11.6. The summed E-state index contributed by atoms with van der Waals surface area (Å²) in [6, 6.07) is 0. The van der Waals surface area contributed by atoms with Gasteiger partial charge in [0.05, 0.1) is 10.9 Å². The van der Waals surface area contributed by atoms with E-state index in [1.165, 1.54) is 12.5 Å². The van der Waals surface area contributed by atoms with E-state index in [2.05, 4.69) is 42.4 Å². The quantitative estimate of drug-likeness (QED) is 0.132. The molecule has 1 N–H and O–H groups in total. The van der Waals surface area contributed by atoms with E-state index < -0.39 is 6.10 Å². The Morgan fingerprint density at radius 1 is 1.32 bits per heavy atom. The molecule has 0 aliphatic heterocycles. The fourth-order valence-electron chi connectivity index (χ4n) is 7.09. The number of aliphatic hydroxyl groups is 1. The minimum absolute atomic E-state index is 0.0137. The number of rotatable bonds is 6. The zero-order valence-electron chi connectivity index (χ0n) is 19.0. The molecule has 4 aliphatic rings. The summed E-state index contributed by atoms with van der Waals surface area (Å²) in [5, 5.41) is 11.2. The van der Waals surface area contributed by atoms with E-state index in [4.69, 9.17) is 14.5 Å². The molecule has 5 nitrogen and oxygen atoms in total. The first-order valence-electron chi connectivity index (χ1n) is 12.0. The third-order valence-corrected chi connectivity index (χ3v) is 9.38. The van der Waals surface area contributed by atoms with Crippen LogP contribution in [0.3, 0.4) is 0 Å². The molecular weight excluding hydrogens is 460 g/mol. The molecule has 3 fully saturated rings. The zero-order valence-corrected chi connectivity index (χ0v) is 20.6. The second-order valence-corrected chi connectivity index (χ2v) is 11.5. The van der Waals surface area contributed by atoms with Gasteiger partial charge in [0.2, 0.25) is 0 Å². The summed E-state index contributed by atoms with van der Waals surface area (Å²) in [5.41, 5.74) is 1.42. The number of halogens is 1. The van der Waals surface area contributed by atoms with Gasteiger partial charge in [-0.25, -0.2) is 0 Å². The fraction of sp³-hybridized carbons (Fsp3) is 0.800. The average Bonchev–Trinajstić information content (AvgIpc) is 3.02. The van der Waals surface area contributed by atoms with Crippen LogP contribution in [0.25, 0.3) is 0 Å². The van der Waals surface area contributed by atoms with Crippen molar-refractivity contribution >= 4 is 21.9 Å². The number of esters is 1. The largest absolute Gasteiger partial charge is 0.461 e. The fourth-order valence-corrected chi connectivity index (χ4v) is 8.02. The van der Waals surface area contributed by atoms with Gasteiger partial charge in [0, 0.05) is 19.3 Å². The van der Waals surface area contributed by atoms with E-state index in [9.17, 15) is 9.90 Å². The Hall–Kier alpha value is -0.850. The first-order valence-corrected chi connectivity index (χ1v) is 12.9. The lowest BCUT2D eigenvalue weighted by Crippen LogP contribution is -2.52. The standard InChI is InChI=1S/C25H37BrO5/c1-5-6-14(2)30-31-17-9-10-25(4)16(11-17)12-22(28)23-19-13-21(26)24(29-15(3)27)18(19)7-8-20(23)25/h12,17-24,28H,2,5-11,13H2,1,3-4H3/t17-,18-,19?,20?,21+,22?,23?,24+,25-/m0/s1. The van der Waals surface area contributed by atoms with Gasteiger partial charge in [-0.15, -0.1) is 0 Å². The summed E-state index contributed by atoms with van der Waals surface area (Å²) >= 11 is 3.78. The molecule has 0 amide bonds. The number of hydrogen-bond acceptors (Lipinski definition) is 5. The second kappa shape index (κ2) is 9.18. The van der Waals surface area contributed by atoms with Crippen molar-refractivity contribution in [2.45, 2.75) is 95.3 Å². The average molecular weight is 497 g/mol. The van der Waals surface area contributed by atoms with Crippen molar-refractivity contribution in [3.8, 4) is 0 Å². The van der Waals surface area contributed by atoms with Crippen LogP contribution in [0.15, 0.2) is 24.0 Å². The maximum atomic E-state index is 11.6. The summed E-state index contributed by atoms with van der Waals surface area (Å²) in [6.45, 7) is 9.89. The van der Waals surface area contributed by atoms with Crippen LogP contribution in [-0.2, 0) is 19.3 Å². The first-order chi connectivity index (χ1) is 14.7. The Bertz CT molecular complexity index is 735. The van der Waals surface area contributed by atoms with Gasteiger partial charge in [-0.1, -0.05) is 48.0 Å². The van der Waals surface area contributed by atoms with Crippen LogP contribution in [-0.4, -0.2) is 34.2 Å². The lowest BCUT2D eigenvalue weighted by atomic mass is 9.50. The van der Waals surface area contributed by atoms with Crippen molar-refractivity contribution < 1.29 is 24.4 Å². The van der Waals surface area contributed by atoms with E-state index in [1.54, 1.807) is 0 Å². The molecule has 9 atom stereocenters. The van der Waals surface area contributed by atoms with Gasteiger partial charge in [0.1, 0.15) is 18.0 Å². The smallest absolute Gasteiger partial charge is 0.302 e. The molecule has 0 bridgehead atoms. The van der Waals surface area contributed by atoms with Gasteiger partial charge in [0.15, 0.2) is 0 Å². The summed E-state index contributed by atoms with van der Waals surface area (Å²) in [5.74, 6) is 1.87. The van der Waals surface area contributed by atoms with Gasteiger partial charge in [-0.05, 0) is 68.1 Å². The zero-order chi connectivity index (χ0) is 22.3. The molecule has 174 valence electrons. The molecule has 6 heteroatoms. The number of carbonyl (C=O) groups is 1. The van der Waals surface area contributed by atoms with Crippen LogP contribution in [0.5, 0.6) is 0 Å². The van der Waals surface area contributed by atoms with Crippen molar-refractivity contribution in [2.24, 2.45) is 29.1 Å². The topological polar surface area (TPSA) is 65.0 Å². The van der Waals surface area contributed by atoms with Crippen LogP contribution in [0, 0.1) is 29.1 Å². The summed E-state index contributed by atoms with van der Waals surface area (Å²) in [7, 11) is 0. The SMILES string of the molecule is C=C(CCC)OO[C@H]1CC[C@@]2(C)C(=CC(O)C3C4C[C@@H](Br)[C@H](OC(C)=O)[C@H]4CCC32)C1. The van der Waals surface area contributed by atoms with E-state index in [1.807, 2.05) is 0 Å². The minimum Gasteiger partial charge on any atom is -0.461 e. The summed E-state index contributed by atoms with van der Waals surface area (Å²) in [6.07, 6.45) is 9.29. The third kappa shape index (κ3) is 4.37. The Balaban J connectivity index is 1.49. The number of alkyl halides is 1. The van der Waals surface area contributed by atoms with Crippen LogP contribution >= 0.6 is 15.9 Å². The summed E-state index contributed by atoms with van der Waals surface area (Å²) < 4.78 is 5.70. The highest BCUT2D eigenvalue weighted by Crippen LogP contribution is 2.62. The van der Waals surface area contributed by atoms with E-state index in [0.717, 1.165) is 51.4 Å². The molecule has 0 radical (unpaired) electrons.